The number of nitrogens with zero attached hydrogens (tertiary/aromatic N) is 2. The van der Waals surface area contributed by atoms with E-state index in [4.69, 9.17) is 40.5 Å². The van der Waals surface area contributed by atoms with E-state index >= 15 is 0 Å². The highest BCUT2D eigenvalue weighted by atomic mass is 35.5. The van der Waals surface area contributed by atoms with Crippen molar-refractivity contribution in [3.63, 3.8) is 0 Å². The lowest BCUT2D eigenvalue weighted by molar-refractivity contribution is 0.808. The number of hydrogen-bond donors (Lipinski definition) is 1. The van der Waals surface area contributed by atoms with Gasteiger partial charge in [-0.05, 0) is 24.3 Å². The van der Waals surface area contributed by atoms with E-state index in [1.807, 2.05) is 0 Å². The standard InChI is InChI=1S/C10H6Cl3N3O/c11-7-8(12)10(17)16(15-9(7)13)6-3-1-5(14)2-4-6/h1-4H,14H2. The molecule has 0 aliphatic carbocycles. The molecule has 1 aromatic carbocycles. The molecule has 0 radical (unpaired) electrons. The predicted molar refractivity (Wildman–Crippen MR) is 69.3 cm³/mol. The Labute approximate surface area is 112 Å². The Hall–Kier alpha value is -1.23. The van der Waals surface area contributed by atoms with Crippen LogP contribution in [-0.2, 0) is 0 Å². The zero-order valence-electron chi connectivity index (χ0n) is 8.32. The Morgan fingerprint density at radius 3 is 2.24 bits per heavy atom. The molecule has 0 atom stereocenters. The molecule has 0 aliphatic rings. The van der Waals surface area contributed by atoms with Gasteiger partial charge >= 0.3 is 0 Å². The minimum atomic E-state index is -0.536. The van der Waals surface area contributed by atoms with Gasteiger partial charge in [-0.25, -0.2) is 0 Å². The maximum absolute atomic E-state index is 11.8. The van der Waals surface area contributed by atoms with Gasteiger partial charge < -0.3 is 5.73 Å². The number of hydrogen-bond acceptors (Lipinski definition) is 3. The molecule has 0 spiro atoms. The van der Waals surface area contributed by atoms with Crippen molar-refractivity contribution in [1.29, 1.82) is 0 Å². The predicted octanol–water partition coefficient (Wildman–Crippen LogP) is 2.77. The van der Waals surface area contributed by atoms with Crippen molar-refractivity contribution in [2.75, 3.05) is 5.73 Å². The van der Waals surface area contributed by atoms with Crippen LogP contribution < -0.4 is 11.3 Å². The van der Waals surface area contributed by atoms with Gasteiger partial charge in [0, 0.05) is 5.69 Å². The summed E-state index contributed by atoms with van der Waals surface area (Å²) >= 11 is 17.2. The maximum Gasteiger partial charge on any atom is 0.291 e. The third kappa shape index (κ3) is 2.24. The molecule has 0 saturated heterocycles. The molecule has 0 bridgehead atoms. The molecule has 1 aromatic heterocycles. The normalized spacial score (nSPS) is 10.5. The van der Waals surface area contributed by atoms with E-state index in [2.05, 4.69) is 5.10 Å². The third-order valence-corrected chi connectivity index (χ3v) is 3.26. The van der Waals surface area contributed by atoms with Crippen LogP contribution in [-0.4, -0.2) is 9.78 Å². The Kier molecular flexibility index (Phi) is 3.28. The molecule has 0 amide bonds. The lowest BCUT2D eigenvalue weighted by Crippen LogP contribution is -2.22. The summed E-state index contributed by atoms with van der Waals surface area (Å²) in [4.78, 5) is 11.8. The lowest BCUT2D eigenvalue weighted by atomic mass is 10.3. The highest BCUT2D eigenvalue weighted by molar-refractivity contribution is 6.47. The monoisotopic (exact) mass is 289 g/mol. The molecule has 0 unspecified atom stereocenters. The van der Waals surface area contributed by atoms with Gasteiger partial charge in [0.15, 0.2) is 5.15 Å². The smallest absolute Gasteiger partial charge is 0.291 e. The number of aromatic nitrogens is 2. The van der Waals surface area contributed by atoms with Gasteiger partial charge in [0.1, 0.15) is 10.0 Å². The third-order valence-electron chi connectivity index (χ3n) is 2.08. The number of anilines is 1. The van der Waals surface area contributed by atoms with Gasteiger partial charge in [0.25, 0.3) is 5.56 Å². The summed E-state index contributed by atoms with van der Waals surface area (Å²) in [7, 11) is 0. The van der Waals surface area contributed by atoms with Crippen LogP contribution in [0, 0.1) is 0 Å². The first-order valence-electron chi connectivity index (χ1n) is 4.50. The molecular weight excluding hydrogens is 284 g/mol. The quantitative estimate of drug-likeness (QED) is 0.822. The molecule has 88 valence electrons. The van der Waals surface area contributed by atoms with Crippen molar-refractivity contribution >= 4 is 40.5 Å². The van der Waals surface area contributed by atoms with Crippen molar-refractivity contribution < 1.29 is 0 Å². The Morgan fingerprint density at radius 1 is 1.06 bits per heavy atom. The second kappa shape index (κ2) is 4.56. The average Bonchev–Trinajstić information content (AvgIpc) is 2.32. The summed E-state index contributed by atoms with van der Waals surface area (Å²) in [5, 5.41) is 3.60. The minimum absolute atomic E-state index is 0.0342. The molecule has 0 saturated carbocycles. The van der Waals surface area contributed by atoms with Gasteiger partial charge in [-0.15, -0.1) is 0 Å². The van der Waals surface area contributed by atoms with Crippen LogP contribution >= 0.6 is 34.8 Å². The van der Waals surface area contributed by atoms with Crippen LogP contribution in [0.1, 0.15) is 0 Å². The molecule has 0 fully saturated rings. The van der Waals surface area contributed by atoms with E-state index in [-0.39, 0.29) is 15.2 Å². The fourth-order valence-corrected chi connectivity index (χ4v) is 1.75. The van der Waals surface area contributed by atoms with Crippen LogP contribution in [0.5, 0.6) is 0 Å². The van der Waals surface area contributed by atoms with Crippen LogP contribution in [0.25, 0.3) is 5.69 Å². The maximum atomic E-state index is 11.8. The van der Waals surface area contributed by atoms with Crippen LogP contribution in [0.3, 0.4) is 0 Å². The first-order chi connectivity index (χ1) is 8.00. The fourth-order valence-electron chi connectivity index (χ4n) is 1.25. The van der Waals surface area contributed by atoms with E-state index in [1.54, 1.807) is 24.3 Å². The van der Waals surface area contributed by atoms with Crippen LogP contribution in [0.15, 0.2) is 29.1 Å². The van der Waals surface area contributed by atoms with Crippen molar-refractivity contribution in [3.05, 3.63) is 49.8 Å². The van der Waals surface area contributed by atoms with Crippen molar-refractivity contribution in [2.45, 2.75) is 0 Å². The summed E-state index contributed by atoms with van der Waals surface area (Å²) < 4.78 is 1.07. The highest BCUT2D eigenvalue weighted by Crippen LogP contribution is 2.25. The molecule has 2 rings (SSSR count). The molecule has 2 aromatic rings. The molecule has 2 N–H and O–H groups in total. The van der Waals surface area contributed by atoms with E-state index in [0.717, 1.165) is 4.68 Å². The fraction of sp³-hybridized carbons (Fsp3) is 0. The highest BCUT2D eigenvalue weighted by Gasteiger charge is 2.13. The van der Waals surface area contributed by atoms with Gasteiger partial charge in [0.2, 0.25) is 0 Å². The topological polar surface area (TPSA) is 60.9 Å². The largest absolute Gasteiger partial charge is 0.399 e. The van der Waals surface area contributed by atoms with Crippen molar-refractivity contribution in [2.24, 2.45) is 0 Å². The molecule has 7 heteroatoms. The van der Waals surface area contributed by atoms with Crippen LogP contribution in [0.4, 0.5) is 5.69 Å². The Bertz CT molecular complexity index is 622. The van der Waals surface area contributed by atoms with Crippen LogP contribution in [0.2, 0.25) is 15.2 Å². The summed E-state index contributed by atoms with van der Waals surface area (Å²) in [5.41, 5.74) is 6.09. The van der Waals surface area contributed by atoms with Gasteiger partial charge in [-0.2, -0.15) is 9.78 Å². The van der Waals surface area contributed by atoms with Gasteiger partial charge in [0.05, 0.1) is 5.69 Å². The Balaban J connectivity index is 2.68. The van der Waals surface area contributed by atoms with E-state index in [0.29, 0.717) is 11.4 Å². The summed E-state index contributed by atoms with van der Waals surface area (Å²) in [6, 6.07) is 6.54. The molecule has 4 nitrogen and oxygen atoms in total. The molecule has 0 aliphatic heterocycles. The first-order valence-corrected chi connectivity index (χ1v) is 5.64. The minimum Gasteiger partial charge on any atom is -0.399 e. The number of halogens is 3. The number of nitrogens with two attached hydrogens (primary N) is 1. The average molecular weight is 291 g/mol. The van der Waals surface area contributed by atoms with E-state index in [1.165, 1.54) is 0 Å². The van der Waals surface area contributed by atoms with E-state index in [9.17, 15) is 4.79 Å². The molecule has 1 heterocycles. The second-order valence-electron chi connectivity index (χ2n) is 3.23. The lowest BCUT2D eigenvalue weighted by Gasteiger charge is -2.07. The molecular formula is C10H6Cl3N3O. The number of rotatable bonds is 1. The summed E-state index contributed by atoms with van der Waals surface area (Å²) in [5.74, 6) is 0. The van der Waals surface area contributed by atoms with Crippen molar-refractivity contribution in [3.8, 4) is 5.69 Å². The van der Waals surface area contributed by atoms with Crippen molar-refractivity contribution in [1.82, 2.24) is 9.78 Å². The van der Waals surface area contributed by atoms with E-state index < -0.39 is 5.56 Å². The zero-order chi connectivity index (χ0) is 12.6. The van der Waals surface area contributed by atoms with Gasteiger partial charge in [-0.1, -0.05) is 34.8 Å². The Morgan fingerprint density at radius 2 is 1.65 bits per heavy atom. The second-order valence-corrected chi connectivity index (χ2v) is 4.34. The number of benzene rings is 1. The SMILES string of the molecule is Nc1ccc(-n2nc(Cl)c(Cl)c(Cl)c2=O)cc1. The summed E-state index contributed by atoms with van der Waals surface area (Å²) in [6.07, 6.45) is 0. The molecule has 17 heavy (non-hydrogen) atoms. The number of nitrogen functional groups attached to an aromatic ring is 1. The first kappa shape index (κ1) is 12.2. The van der Waals surface area contributed by atoms with Gasteiger partial charge in [-0.3, -0.25) is 4.79 Å². The summed E-state index contributed by atoms with van der Waals surface area (Å²) in [6.45, 7) is 0. The zero-order valence-corrected chi connectivity index (χ0v) is 10.6.